The van der Waals surface area contributed by atoms with Gasteiger partial charge in [-0.1, -0.05) is 47.5 Å². The summed E-state index contributed by atoms with van der Waals surface area (Å²) >= 11 is 13.7. The van der Waals surface area contributed by atoms with Crippen molar-refractivity contribution in [3.8, 4) is 0 Å². The van der Waals surface area contributed by atoms with Crippen LogP contribution in [-0.4, -0.2) is 40.9 Å². The summed E-state index contributed by atoms with van der Waals surface area (Å²) in [6.07, 6.45) is 3.72. The highest BCUT2D eigenvalue weighted by atomic mass is 35.5. The SMILES string of the molecule is COCCN1C(=O)S/C(=C\c2cn(Cc3c(Cl)cccc3Cl)c3ccccc23)C1=O. The van der Waals surface area contributed by atoms with Crippen molar-refractivity contribution in [1.29, 1.82) is 0 Å². The normalized spacial score (nSPS) is 15.7. The molecule has 30 heavy (non-hydrogen) atoms. The number of halogens is 2. The van der Waals surface area contributed by atoms with Crippen molar-refractivity contribution in [3.05, 3.63) is 74.7 Å². The molecule has 1 aliphatic rings. The molecule has 0 radical (unpaired) electrons. The Hall–Kier alpha value is -2.25. The Kier molecular flexibility index (Phi) is 6.20. The van der Waals surface area contributed by atoms with Crippen molar-refractivity contribution in [2.75, 3.05) is 20.3 Å². The molecule has 0 aliphatic carbocycles. The van der Waals surface area contributed by atoms with Crippen LogP contribution < -0.4 is 0 Å². The van der Waals surface area contributed by atoms with Gasteiger partial charge in [0.15, 0.2) is 0 Å². The lowest BCUT2D eigenvalue weighted by molar-refractivity contribution is -0.123. The molecule has 0 spiro atoms. The summed E-state index contributed by atoms with van der Waals surface area (Å²) in [6, 6.07) is 13.3. The van der Waals surface area contributed by atoms with Gasteiger partial charge in [-0.05, 0) is 36.0 Å². The molecule has 5 nitrogen and oxygen atoms in total. The monoisotopic (exact) mass is 460 g/mol. The Morgan fingerprint density at radius 3 is 2.53 bits per heavy atom. The third-order valence-electron chi connectivity index (χ3n) is 4.89. The zero-order valence-electron chi connectivity index (χ0n) is 16.1. The van der Waals surface area contributed by atoms with Crippen molar-refractivity contribution in [2.24, 2.45) is 0 Å². The molecule has 2 amide bonds. The lowest BCUT2D eigenvalue weighted by Gasteiger charge is -2.10. The molecule has 3 aromatic rings. The van der Waals surface area contributed by atoms with Crippen molar-refractivity contribution in [1.82, 2.24) is 9.47 Å². The number of amides is 2. The second kappa shape index (κ2) is 8.86. The van der Waals surface area contributed by atoms with E-state index in [1.165, 1.54) is 12.0 Å². The number of thioether (sulfide) groups is 1. The van der Waals surface area contributed by atoms with Gasteiger partial charge in [-0.25, -0.2) is 0 Å². The smallest absolute Gasteiger partial charge is 0.293 e. The molecule has 4 rings (SSSR count). The van der Waals surface area contributed by atoms with Crippen molar-refractivity contribution >= 4 is 63.1 Å². The summed E-state index contributed by atoms with van der Waals surface area (Å²) in [7, 11) is 1.54. The molecule has 1 saturated heterocycles. The van der Waals surface area contributed by atoms with Crippen LogP contribution in [0.1, 0.15) is 11.1 Å². The second-order valence-corrected chi connectivity index (χ2v) is 8.56. The van der Waals surface area contributed by atoms with Gasteiger partial charge in [-0.2, -0.15) is 0 Å². The Morgan fingerprint density at radius 2 is 1.80 bits per heavy atom. The standard InChI is InChI=1S/C22H18Cl2N2O3S/c1-29-10-9-26-21(27)20(30-22(26)28)11-14-12-25(19-8-3-2-5-15(14)19)13-16-17(23)6-4-7-18(16)24/h2-8,11-12H,9-10,13H2,1H3/b20-11-. The first-order valence-electron chi connectivity index (χ1n) is 9.24. The summed E-state index contributed by atoms with van der Waals surface area (Å²) in [5.74, 6) is -0.298. The van der Waals surface area contributed by atoms with Crippen LogP contribution in [0.5, 0.6) is 0 Å². The van der Waals surface area contributed by atoms with Crippen LogP contribution in [-0.2, 0) is 16.1 Å². The highest BCUT2D eigenvalue weighted by molar-refractivity contribution is 8.18. The van der Waals surface area contributed by atoms with Crippen LogP contribution in [0.3, 0.4) is 0 Å². The summed E-state index contributed by atoms with van der Waals surface area (Å²) < 4.78 is 7.04. The van der Waals surface area contributed by atoms with E-state index in [9.17, 15) is 9.59 Å². The maximum absolute atomic E-state index is 12.7. The Labute approximate surface area is 188 Å². The van der Waals surface area contributed by atoms with Gasteiger partial charge in [0.1, 0.15) is 0 Å². The Balaban J connectivity index is 1.72. The van der Waals surface area contributed by atoms with Gasteiger partial charge >= 0.3 is 0 Å². The molecule has 1 fully saturated rings. The first-order chi connectivity index (χ1) is 14.5. The van der Waals surface area contributed by atoms with Gasteiger partial charge in [0.05, 0.1) is 24.6 Å². The number of fused-ring (bicyclic) bond motifs is 1. The molecule has 0 saturated carbocycles. The number of benzene rings is 2. The van der Waals surface area contributed by atoms with Gasteiger partial charge in [-0.3, -0.25) is 14.5 Å². The number of aromatic nitrogens is 1. The zero-order valence-corrected chi connectivity index (χ0v) is 18.4. The van der Waals surface area contributed by atoms with E-state index in [0.717, 1.165) is 33.8 Å². The van der Waals surface area contributed by atoms with E-state index in [-0.39, 0.29) is 17.7 Å². The zero-order chi connectivity index (χ0) is 21.3. The van der Waals surface area contributed by atoms with E-state index in [1.807, 2.05) is 53.2 Å². The second-order valence-electron chi connectivity index (χ2n) is 6.76. The summed E-state index contributed by atoms with van der Waals surface area (Å²) in [5, 5.41) is 1.89. The minimum atomic E-state index is -0.298. The number of para-hydroxylation sites is 1. The van der Waals surface area contributed by atoms with Crippen molar-refractivity contribution in [3.63, 3.8) is 0 Å². The number of hydrogen-bond donors (Lipinski definition) is 0. The van der Waals surface area contributed by atoms with Gasteiger partial charge < -0.3 is 9.30 Å². The molecule has 2 heterocycles. The van der Waals surface area contributed by atoms with E-state index in [4.69, 9.17) is 27.9 Å². The van der Waals surface area contributed by atoms with E-state index in [2.05, 4.69) is 0 Å². The molecule has 0 N–H and O–H groups in total. The van der Waals surface area contributed by atoms with E-state index in [0.29, 0.717) is 28.1 Å². The lowest BCUT2D eigenvalue weighted by Crippen LogP contribution is -2.31. The van der Waals surface area contributed by atoms with Gasteiger partial charge in [0.2, 0.25) is 0 Å². The molecule has 2 aromatic carbocycles. The van der Waals surface area contributed by atoms with Crippen LogP contribution in [0.25, 0.3) is 17.0 Å². The molecule has 8 heteroatoms. The summed E-state index contributed by atoms with van der Waals surface area (Å²) in [5.41, 5.74) is 2.66. The molecular weight excluding hydrogens is 443 g/mol. The van der Waals surface area contributed by atoms with E-state index >= 15 is 0 Å². The predicted octanol–water partition coefficient (Wildman–Crippen LogP) is 5.68. The van der Waals surface area contributed by atoms with Gasteiger partial charge in [-0.15, -0.1) is 0 Å². The van der Waals surface area contributed by atoms with Gasteiger partial charge in [0, 0.05) is 45.4 Å². The quantitative estimate of drug-likeness (QED) is 0.444. The summed E-state index contributed by atoms with van der Waals surface area (Å²) in [6.45, 7) is 1.04. The topological polar surface area (TPSA) is 51.5 Å². The van der Waals surface area contributed by atoms with Crippen LogP contribution in [0, 0.1) is 0 Å². The van der Waals surface area contributed by atoms with E-state index < -0.39 is 0 Å². The maximum atomic E-state index is 12.7. The number of methoxy groups -OCH3 is 1. The van der Waals surface area contributed by atoms with Crippen molar-refractivity contribution in [2.45, 2.75) is 6.54 Å². The number of hydrogen-bond acceptors (Lipinski definition) is 4. The fraction of sp³-hybridized carbons (Fsp3) is 0.182. The lowest BCUT2D eigenvalue weighted by atomic mass is 10.1. The van der Waals surface area contributed by atoms with Gasteiger partial charge in [0.25, 0.3) is 11.1 Å². The van der Waals surface area contributed by atoms with Crippen LogP contribution >= 0.6 is 35.0 Å². The highest BCUT2D eigenvalue weighted by Crippen LogP contribution is 2.34. The van der Waals surface area contributed by atoms with Crippen LogP contribution in [0.4, 0.5) is 4.79 Å². The average molecular weight is 461 g/mol. The van der Waals surface area contributed by atoms with E-state index in [1.54, 1.807) is 6.08 Å². The fourth-order valence-corrected chi connectivity index (χ4v) is 4.76. The molecule has 0 bridgehead atoms. The first-order valence-corrected chi connectivity index (χ1v) is 10.8. The number of imide groups is 1. The molecular formula is C22H18Cl2N2O3S. The molecule has 154 valence electrons. The number of rotatable bonds is 6. The van der Waals surface area contributed by atoms with Crippen LogP contribution in [0.2, 0.25) is 10.0 Å². The highest BCUT2D eigenvalue weighted by Gasteiger charge is 2.34. The molecule has 0 atom stereocenters. The number of nitrogens with zero attached hydrogens (tertiary/aromatic N) is 2. The fourth-order valence-electron chi connectivity index (χ4n) is 3.39. The minimum absolute atomic E-state index is 0.241. The largest absolute Gasteiger partial charge is 0.383 e. The number of ether oxygens (including phenoxy) is 1. The summed E-state index contributed by atoms with van der Waals surface area (Å²) in [4.78, 5) is 26.5. The average Bonchev–Trinajstić information content (AvgIpc) is 3.21. The molecule has 1 aliphatic heterocycles. The third-order valence-corrected chi connectivity index (χ3v) is 6.50. The van der Waals surface area contributed by atoms with Crippen molar-refractivity contribution < 1.29 is 14.3 Å². The Bertz CT molecular complexity index is 1150. The Morgan fingerprint density at radius 1 is 1.07 bits per heavy atom. The van der Waals surface area contributed by atoms with Crippen LogP contribution in [0.15, 0.2) is 53.6 Å². The number of carbonyl (C=O) groups is 2. The number of carbonyl (C=O) groups excluding carboxylic acids is 2. The minimum Gasteiger partial charge on any atom is -0.383 e. The maximum Gasteiger partial charge on any atom is 0.293 e. The predicted molar refractivity (Wildman–Crippen MR) is 122 cm³/mol. The molecule has 1 aromatic heterocycles. The third kappa shape index (κ3) is 4.01. The first kappa shape index (κ1) is 21.0. The molecule has 0 unspecified atom stereocenters.